The van der Waals surface area contributed by atoms with Crippen LogP contribution in [0, 0.1) is 0 Å². The van der Waals surface area contributed by atoms with E-state index in [0.717, 1.165) is 0 Å². The molecule has 0 aliphatic heterocycles. The molecular formula is C54H34N2S. The zero-order valence-corrected chi connectivity index (χ0v) is 31.7. The monoisotopic (exact) mass is 742 g/mol. The molecule has 0 N–H and O–H groups in total. The number of nitrogens with zero attached hydrogens (tertiary/aromatic N) is 2. The molecule has 3 heterocycles. The fourth-order valence-electron chi connectivity index (χ4n) is 9.18. The Bertz CT molecular complexity index is 3510. The van der Waals surface area contributed by atoms with Crippen molar-refractivity contribution in [3.63, 3.8) is 0 Å². The van der Waals surface area contributed by atoms with Crippen molar-refractivity contribution in [2.24, 2.45) is 0 Å². The molecule has 0 spiro atoms. The van der Waals surface area contributed by atoms with Gasteiger partial charge in [-0.1, -0.05) is 146 Å². The largest absolute Gasteiger partial charge is 0.309 e. The van der Waals surface area contributed by atoms with Gasteiger partial charge in [0.05, 0.1) is 27.8 Å². The van der Waals surface area contributed by atoms with E-state index in [2.05, 4.69) is 215 Å². The first-order valence-electron chi connectivity index (χ1n) is 19.5. The standard InChI is InChI=1S/C54H34N2S/c1-3-14-35(15-4-1)40-18-7-10-22-47(40)56-48-23-11-8-19-42(48)45-32-37(26-30-49(45)56)38-27-31-50-46(33-38)54-41(36-16-5-2-6-17-36)21-13-24-51(54)55(50)39-28-29-44-43-20-9-12-25-52(43)57-53(44)34-39/h1-34H. The maximum absolute atomic E-state index is 2.46. The molecule has 0 saturated heterocycles. The number of hydrogen-bond acceptors (Lipinski definition) is 1. The molecule has 0 bridgehead atoms. The molecule has 2 nitrogen and oxygen atoms in total. The molecule has 0 fully saturated rings. The lowest BCUT2D eigenvalue weighted by atomic mass is 9.97. The SMILES string of the molecule is c1ccc(-c2ccccc2-n2c3ccccc3c3cc(-c4ccc5c(c4)c4c(-c6ccccc6)cccc4n5-c4ccc5c(c4)sc4ccccc45)ccc32)cc1. The number of hydrogen-bond donors (Lipinski definition) is 0. The molecule has 12 rings (SSSR count). The zero-order valence-electron chi connectivity index (χ0n) is 30.9. The number of fused-ring (bicyclic) bond motifs is 9. The lowest BCUT2D eigenvalue weighted by Crippen LogP contribution is -1.97. The van der Waals surface area contributed by atoms with Crippen LogP contribution in [0.1, 0.15) is 0 Å². The van der Waals surface area contributed by atoms with Gasteiger partial charge in [0.2, 0.25) is 0 Å². The summed E-state index contributed by atoms with van der Waals surface area (Å²) in [5.41, 5.74) is 14.5. The van der Waals surface area contributed by atoms with Crippen molar-refractivity contribution in [1.29, 1.82) is 0 Å². The van der Waals surface area contributed by atoms with E-state index in [0.29, 0.717) is 0 Å². The van der Waals surface area contributed by atoms with Crippen LogP contribution in [0.2, 0.25) is 0 Å². The molecule has 266 valence electrons. The van der Waals surface area contributed by atoms with E-state index in [1.165, 1.54) is 109 Å². The summed E-state index contributed by atoms with van der Waals surface area (Å²) in [5.74, 6) is 0. The molecule has 0 saturated carbocycles. The van der Waals surface area contributed by atoms with E-state index in [1.54, 1.807) is 0 Å². The Kier molecular flexibility index (Phi) is 7.13. The van der Waals surface area contributed by atoms with Crippen LogP contribution in [-0.4, -0.2) is 9.13 Å². The van der Waals surface area contributed by atoms with E-state index in [9.17, 15) is 0 Å². The van der Waals surface area contributed by atoms with Gasteiger partial charge in [-0.3, -0.25) is 0 Å². The molecule has 3 heteroatoms. The summed E-state index contributed by atoms with van der Waals surface area (Å²) in [4.78, 5) is 0. The predicted molar refractivity (Wildman–Crippen MR) is 244 cm³/mol. The summed E-state index contributed by atoms with van der Waals surface area (Å²) < 4.78 is 7.53. The highest BCUT2D eigenvalue weighted by atomic mass is 32.1. The second kappa shape index (κ2) is 12.7. The van der Waals surface area contributed by atoms with Crippen LogP contribution in [0.4, 0.5) is 0 Å². The van der Waals surface area contributed by atoms with Gasteiger partial charge in [0.1, 0.15) is 0 Å². The molecular weight excluding hydrogens is 709 g/mol. The highest BCUT2D eigenvalue weighted by Gasteiger charge is 2.20. The molecule has 0 atom stereocenters. The number of benzene rings is 9. The van der Waals surface area contributed by atoms with E-state index in [4.69, 9.17) is 0 Å². The summed E-state index contributed by atoms with van der Waals surface area (Å²) in [6.45, 7) is 0. The average Bonchev–Trinajstić information content (AvgIpc) is 3.94. The Labute approximate surface area is 333 Å². The fraction of sp³-hybridized carbons (Fsp3) is 0. The van der Waals surface area contributed by atoms with Crippen molar-refractivity contribution in [3.8, 4) is 44.8 Å². The van der Waals surface area contributed by atoms with Gasteiger partial charge in [0.25, 0.3) is 0 Å². The third kappa shape index (κ3) is 4.96. The Hall–Kier alpha value is -7.20. The third-order valence-electron chi connectivity index (χ3n) is 11.7. The molecule has 0 aliphatic carbocycles. The second-order valence-electron chi connectivity index (χ2n) is 14.9. The highest BCUT2D eigenvalue weighted by Crippen LogP contribution is 2.43. The van der Waals surface area contributed by atoms with Crippen LogP contribution in [0.5, 0.6) is 0 Å². The van der Waals surface area contributed by atoms with Gasteiger partial charge in [0, 0.05) is 53.0 Å². The Morgan fingerprint density at radius 3 is 1.68 bits per heavy atom. The van der Waals surface area contributed by atoms with Gasteiger partial charge < -0.3 is 9.13 Å². The molecule has 0 amide bonds. The summed E-state index contributed by atoms with van der Waals surface area (Å²) in [5, 5.41) is 7.65. The van der Waals surface area contributed by atoms with E-state index < -0.39 is 0 Å². The third-order valence-corrected chi connectivity index (χ3v) is 12.9. The maximum atomic E-state index is 2.46. The Morgan fingerprint density at radius 2 is 0.877 bits per heavy atom. The first kappa shape index (κ1) is 32.1. The predicted octanol–water partition coefficient (Wildman–Crippen LogP) is 15.2. The van der Waals surface area contributed by atoms with Crippen LogP contribution >= 0.6 is 11.3 Å². The topological polar surface area (TPSA) is 9.86 Å². The van der Waals surface area contributed by atoms with Crippen LogP contribution in [-0.2, 0) is 0 Å². The summed E-state index contributed by atoms with van der Waals surface area (Å²) >= 11 is 1.87. The Balaban J connectivity index is 1.08. The molecule has 3 aromatic heterocycles. The number of rotatable bonds is 5. The fourth-order valence-corrected chi connectivity index (χ4v) is 10.3. The van der Waals surface area contributed by atoms with Gasteiger partial charge in [0.15, 0.2) is 0 Å². The summed E-state index contributed by atoms with van der Waals surface area (Å²) in [6, 6.07) is 75.7. The van der Waals surface area contributed by atoms with Crippen molar-refractivity contribution in [2.75, 3.05) is 0 Å². The van der Waals surface area contributed by atoms with Gasteiger partial charge in [-0.2, -0.15) is 0 Å². The highest BCUT2D eigenvalue weighted by molar-refractivity contribution is 7.25. The minimum atomic E-state index is 1.18. The number of thiophene rings is 1. The van der Waals surface area contributed by atoms with E-state index in [1.807, 2.05) is 11.3 Å². The average molecular weight is 743 g/mol. The van der Waals surface area contributed by atoms with Crippen LogP contribution in [0.3, 0.4) is 0 Å². The van der Waals surface area contributed by atoms with Crippen molar-refractivity contribution in [3.05, 3.63) is 206 Å². The van der Waals surface area contributed by atoms with Crippen LogP contribution in [0.15, 0.2) is 206 Å². The maximum Gasteiger partial charge on any atom is 0.0547 e. The first-order valence-corrected chi connectivity index (χ1v) is 20.3. The molecule has 0 radical (unpaired) electrons. The zero-order chi connectivity index (χ0) is 37.5. The normalized spacial score (nSPS) is 11.9. The second-order valence-corrected chi connectivity index (χ2v) is 16.0. The Morgan fingerprint density at radius 1 is 0.298 bits per heavy atom. The molecule has 12 aromatic rings. The van der Waals surface area contributed by atoms with Crippen LogP contribution < -0.4 is 0 Å². The van der Waals surface area contributed by atoms with Crippen molar-refractivity contribution < 1.29 is 0 Å². The van der Waals surface area contributed by atoms with Crippen LogP contribution in [0.25, 0.3) is 109 Å². The lowest BCUT2D eigenvalue weighted by molar-refractivity contribution is 1.18. The number of aromatic nitrogens is 2. The van der Waals surface area contributed by atoms with Crippen molar-refractivity contribution in [1.82, 2.24) is 9.13 Å². The lowest BCUT2D eigenvalue weighted by Gasteiger charge is -2.14. The smallest absolute Gasteiger partial charge is 0.0547 e. The van der Waals surface area contributed by atoms with Gasteiger partial charge in [-0.25, -0.2) is 0 Å². The van der Waals surface area contributed by atoms with Gasteiger partial charge in [-0.15, -0.1) is 11.3 Å². The molecule has 0 aliphatic rings. The minimum absolute atomic E-state index is 1.18. The van der Waals surface area contributed by atoms with Gasteiger partial charge in [-0.05, 0) is 88.5 Å². The first-order chi connectivity index (χ1) is 28.3. The van der Waals surface area contributed by atoms with E-state index in [-0.39, 0.29) is 0 Å². The van der Waals surface area contributed by atoms with Crippen molar-refractivity contribution >= 4 is 75.1 Å². The van der Waals surface area contributed by atoms with E-state index >= 15 is 0 Å². The molecule has 9 aromatic carbocycles. The van der Waals surface area contributed by atoms with Gasteiger partial charge >= 0.3 is 0 Å². The number of para-hydroxylation sites is 2. The quantitative estimate of drug-likeness (QED) is 0.166. The molecule has 0 unspecified atom stereocenters. The van der Waals surface area contributed by atoms with Crippen molar-refractivity contribution in [2.45, 2.75) is 0 Å². The minimum Gasteiger partial charge on any atom is -0.309 e. The summed E-state index contributed by atoms with van der Waals surface area (Å²) in [6.07, 6.45) is 0. The molecule has 57 heavy (non-hydrogen) atoms. The summed E-state index contributed by atoms with van der Waals surface area (Å²) in [7, 11) is 0.